The molecule has 0 bridgehead atoms. The Morgan fingerprint density at radius 3 is 2.48 bits per heavy atom. The fourth-order valence-electron chi connectivity index (χ4n) is 3.04. The number of nitrogens with zero attached hydrogens (tertiary/aromatic N) is 4. The number of aryl methyl sites for hydroxylation is 1. The summed E-state index contributed by atoms with van der Waals surface area (Å²) < 4.78 is 2.05. The van der Waals surface area contributed by atoms with E-state index in [-0.39, 0.29) is 0 Å². The molecular formula is C18H24ClN5S. The van der Waals surface area contributed by atoms with Crippen molar-refractivity contribution in [1.29, 1.82) is 0 Å². The van der Waals surface area contributed by atoms with Crippen LogP contribution in [-0.2, 0) is 13.1 Å². The van der Waals surface area contributed by atoms with E-state index in [0.29, 0.717) is 0 Å². The van der Waals surface area contributed by atoms with Crippen molar-refractivity contribution in [2.24, 2.45) is 0 Å². The van der Waals surface area contributed by atoms with Crippen LogP contribution in [-0.4, -0.2) is 50.9 Å². The highest BCUT2D eigenvalue weighted by molar-refractivity contribution is 7.80. The van der Waals surface area contributed by atoms with E-state index in [9.17, 15) is 0 Å². The van der Waals surface area contributed by atoms with Crippen molar-refractivity contribution >= 4 is 34.6 Å². The highest BCUT2D eigenvalue weighted by Crippen LogP contribution is 2.16. The molecule has 1 saturated heterocycles. The summed E-state index contributed by atoms with van der Waals surface area (Å²) >= 11 is 11.5. The number of anilines is 1. The second-order valence-electron chi connectivity index (χ2n) is 6.27. The minimum absolute atomic E-state index is 0.728. The van der Waals surface area contributed by atoms with Gasteiger partial charge >= 0.3 is 0 Å². The van der Waals surface area contributed by atoms with Gasteiger partial charge in [0.2, 0.25) is 0 Å². The number of benzene rings is 1. The van der Waals surface area contributed by atoms with Gasteiger partial charge in [0.05, 0.1) is 6.20 Å². The van der Waals surface area contributed by atoms with Crippen molar-refractivity contribution in [2.45, 2.75) is 26.9 Å². The van der Waals surface area contributed by atoms with Gasteiger partial charge < -0.3 is 10.2 Å². The fourth-order valence-corrected chi connectivity index (χ4v) is 3.47. The Morgan fingerprint density at radius 1 is 1.20 bits per heavy atom. The van der Waals surface area contributed by atoms with Crippen molar-refractivity contribution < 1.29 is 0 Å². The van der Waals surface area contributed by atoms with Crippen LogP contribution in [0, 0.1) is 6.92 Å². The molecule has 1 aliphatic rings. The van der Waals surface area contributed by atoms with Gasteiger partial charge in [0.25, 0.3) is 0 Å². The van der Waals surface area contributed by atoms with Crippen LogP contribution in [0.15, 0.2) is 30.5 Å². The number of hydrogen-bond acceptors (Lipinski definition) is 3. The molecule has 1 fully saturated rings. The van der Waals surface area contributed by atoms with Gasteiger partial charge in [-0.3, -0.25) is 9.58 Å². The van der Waals surface area contributed by atoms with Gasteiger partial charge in [0, 0.05) is 61.2 Å². The van der Waals surface area contributed by atoms with Crippen LogP contribution >= 0.6 is 23.8 Å². The van der Waals surface area contributed by atoms with Crippen LogP contribution in [0.3, 0.4) is 0 Å². The highest BCUT2D eigenvalue weighted by atomic mass is 35.5. The average molecular weight is 378 g/mol. The predicted octanol–water partition coefficient (Wildman–Crippen LogP) is 3.38. The average Bonchev–Trinajstić information content (AvgIpc) is 2.97. The Balaban J connectivity index is 1.50. The Bertz CT molecular complexity index is 720. The molecule has 0 saturated carbocycles. The molecule has 2 aromatic rings. The molecule has 3 rings (SSSR count). The van der Waals surface area contributed by atoms with Crippen molar-refractivity contribution in [1.82, 2.24) is 19.6 Å². The lowest BCUT2D eigenvalue weighted by molar-refractivity contribution is 0.176. The molecular weight excluding hydrogens is 354 g/mol. The largest absolute Gasteiger partial charge is 0.346 e. The Morgan fingerprint density at radius 2 is 1.88 bits per heavy atom. The van der Waals surface area contributed by atoms with Crippen LogP contribution in [0.1, 0.15) is 18.2 Å². The number of rotatable bonds is 4. The molecule has 0 radical (unpaired) electrons. The first-order chi connectivity index (χ1) is 12.1. The maximum atomic E-state index is 5.92. The summed E-state index contributed by atoms with van der Waals surface area (Å²) in [6, 6.07) is 7.62. The van der Waals surface area contributed by atoms with Crippen LogP contribution < -0.4 is 5.32 Å². The van der Waals surface area contributed by atoms with Crippen molar-refractivity contribution in [2.75, 3.05) is 31.5 Å². The van der Waals surface area contributed by atoms with E-state index in [1.54, 1.807) is 0 Å². The summed E-state index contributed by atoms with van der Waals surface area (Å²) in [4.78, 5) is 4.69. The molecule has 7 heteroatoms. The zero-order valence-electron chi connectivity index (χ0n) is 14.7. The van der Waals surface area contributed by atoms with Crippen LogP contribution in [0.2, 0.25) is 5.02 Å². The number of aromatic nitrogens is 2. The lowest BCUT2D eigenvalue weighted by atomic mass is 10.2. The summed E-state index contributed by atoms with van der Waals surface area (Å²) in [6.45, 7) is 10.0. The van der Waals surface area contributed by atoms with E-state index in [1.165, 1.54) is 11.3 Å². The summed E-state index contributed by atoms with van der Waals surface area (Å²) in [7, 11) is 0. The van der Waals surface area contributed by atoms with Gasteiger partial charge in [-0.1, -0.05) is 11.6 Å². The van der Waals surface area contributed by atoms with Crippen molar-refractivity contribution in [3.05, 3.63) is 46.7 Å². The molecule has 1 N–H and O–H groups in total. The smallest absolute Gasteiger partial charge is 0.173 e. The third kappa shape index (κ3) is 4.51. The first-order valence-corrected chi connectivity index (χ1v) is 9.40. The molecule has 25 heavy (non-hydrogen) atoms. The highest BCUT2D eigenvalue weighted by Gasteiger charge is 2.20. The number of nitrogens with one attached hydrogen (secondary N) is 1. The Hall–Kier alpha value is -1.63. The van der Waals surface area contributed by atoms with Gasteiger partial charge in [-0.15, -0.1) is 0 Å². The molecule has 0 unspecified atom stereocenters. The number of piperazine rings is 1. The molecule has 0 aliphatic carbocycles. The SMILES string of the molecule is CCn1ncc(CN2CCN(C(=S)Nc3ccc(Cl)cc3)CC2)c1C. The monoisotopic (exact) mass is 377 g/mol. The van der Waals surface area contributed by atoms with Crippen LogP contribution in [0.25, 0.3) is 0 Å². The van der Waals surface area contributed by atoms with E-state index in [1.807, 2.05) is 30.5 Å². The molecule has 0 amide bonds. The quantitative estimate of drug-likeness (QED) is 0.826. The van der Waals surface area contributed by atoms with Crippen molar-refractivity contribution in [3.63, 3.8) is 0 Å². The van der Waals surface area contributed by atoms with Gasteiger partial charge in [-0.2, -0.15) is 5.10 Å². The number of thiocarbonyl (C=S) groups is 1. The summed E-state index contributed by atoms with van der Waals surface area (Å²) in [5, 5.41) is 9.23. The minimum Gasteiger partial charge on any atom is -0.346 e. The molecule has 134 valence electrons. The maximum absolute atomic E-state index is 5.92. The molecule has 1 aromatic heterocycles. The minimum atomic E-state index is 0.728. The fraction of sp³-hybridized carbons (Fsp3) is 0.444. The normalized spacial score (nSPS) is 15.4. The maximum Gasteiger partial charge on any atom is 0.173 e. The Labute approximate surface area is 159 Å². The molecule has 0 spiro atoms. The van der Waals surface area contributed by atoms with Gasteiger partial charge in [-0.25, -0.2) is 0 Å². The Kier molecular flexibility index (Phi) is 5.93. The molecule has 1 aliphatic heterocycles. The zero-order chi connectivity index (χ0) is 17.8. The molecule has 2 heterocycles. The standard InChI is InChI=1S/C18H24ClN5S/c1-3-24-14(2)15(12-20-24)13-22-8-10-23(11-9-22)18(25)21-17-6-4-16(19)5-7-17/h4-7,12H,3,8-11,13H2,1-2H3,(H,21,25). The second kappa shape index (κ2) is 8.17. The van der Waals surface area contributed by atoms with E-state index in [4.69, 9.17) is 23.8 Å². The summed E-state index contributed by atoms with van der Waals surface area (Å²) in [6.07, 6.45) is 2.00. The molecule has 5 nitrogen and oxygen atoms in total. The first-order valence-electron chi connectivity index (χ1n) is 8.62. The first kappa shape index (κ1) is 18.2. The van der Waals surface area contributed by atoms with Gasteiger partial charge in [0.15, 0.2) is 5.11 Å². The van der Waals surface area contributed by atoms with Crippen LogP contribution in [0.5, 0.6) is 0 Å². The lowest BCUT2D eigenvalue weighted by Crippen LogP contribution is -2.49. The van der Waals surface area contributed by atoms with Gasteiger partial charge in [0.1, 0.15) is 0 Å². The zero-order valence-corrected chi connectivity index (χ0v) is 16.3. The lowest BCUT2D eigenvalue weighted by Gasteiger charge is -2.36. The van der Waals surface area contributed by atoms with Gasteiger partial charge in [-0.05, 0) is 50.3 Å². The molecule has 1 aromatic carbocycles. The number of hydrogen-bond donors (Lipinski definition) is 1. The number of halogens is 1. The molecule has 0 atom stereocenters. The summed E-state index contributed by atoms with van der Waals surface area (Å²) in [5.41, 5.74) is 3.56. The third-order valence-electron chi connectivity index (χ3n) is 4.65. The van der Waals surface area contributed by atoms with E-state index < -0.39 is 0 Å². The van der Waals surface area contributed by atoms with E-state index >= 15 is 0 Å². The van der Waals surface area contributed by atoms with Crippen molar-refractivity contribution in [3.8, 4) is 0 Å². The second-order valence-corrected chi connectivity index (χ2v) is 7.09. The predicted molar refractivity (Wildman–Crippen MR) is 107 cm³/mol. The third-order valence-corrected chi connectivity index (χ3v) is 5.27. The van der Waals surface area contributed by atoms with E-state index in [2.05, 4.69) is 38.7 Å². The summed E-state index contributed by atoms with van der Waals surface area (Å²) in [5.74, 6) is 0. The van der Waals surface area contributed by atoms with E-state index in [0.717, 1.165) is 55.1 Å². The topological polar surface area (TPSA) is 36.3 Å². The van der Waals surface area contributed by atoms with Crippen LogP contribution in [0.4, 0.5) is 5.69 Å².